The standard InChI is InChI=1S/C28H23F3N2O3/c1-19(26(34)16-20-10-12-23(13-11-20)28(29,30)31)33-27(35)15-14-25(32-33)22-8-5-9-24(17-22)36-18-21-6-3-2-4-7-21/h2-15,17,19H,16,18H2,1H3. The van der Waals surface area contributed by atoms with Gasteiger partial charge in [0, 0.05) is 18.1 Å². The first kappa shape index (κ1) is 24.9. The number of carbonyl (C=O) groups excluding carboxylic acids is 1. The molecule has 0 amide bonds. The molecule has 0 N–H and O–H groups in total. The van der Waals surface area contributed by atoms with E-state index in [-0.39, 0.29) is 12.2 Å². The smallest absolute Gasteiger partial charge is 0.416 e. The summed E-state index contributed by atoms with van der Waals surface area (Å²) in [6.07, 6.45) is -4.57. The molecule has 184 valence electrons. The highest BCUT2D eigenvalue weighted by molar-refractivity contribution is 5.84. The molecule has 8 heteroatoms. The van der Waals surface area contributed by atoms with Crippen LogP contribution in [0, 0.1) is 0 Å². The highest BCUT2D eigenvalue weighted by atomic mass is 19.4. The topological polar surface area (TPSA) is 61.2 Å². The number of ketones is 1. The third-order valence-corrected chi connectivity index (χ3v) is 5.70. The van der Waals surface area contributed by atoms with Crippen molar-refractivity contribution in [1.82, 2.24) is 9.78 Å². The number of nitrogens with zero attached hydrogens (tertiary/aromatic N) is 2. The van der Waals surface area contributed by atoms with Crippen LogP contribution in [0.2, 0.25) is 0 Å². The molecule has 4 rings (SSSR count). The van der Waals surface area contributed by atoms with Crippen LogP contribution in [-0.4, -0.2) is 15.6 Å². The van der Waals surface area contributed by atoms with E-state index < -0.39 is 23.3 Å². The molecule has 0 aliphatic rings. The van der Waals surface area contributed by atoms with Crippen molar-refractivity contribution in [1.29, 1.82) is 0 Å². The molecule has 0 fully saturated rings. The third-order valence-electron chi connectivity index (χ3n) is 5.70. The fourth-order valence-electron chi connectivity index (χ4n) is 3.64. The van der Waals surface area contributed by atoms with E-state index in [0.717, 1.165) is 22.4 Å². The second-order valence-electron chi connectivity index (χ2n) is 8.32. The number of alkyl halides is 3. The number of carbonyl (C=O) groups is 1. The maximum absolute atomic E-state index is 12.8. The van der Waals surface area contributed by atoms with Gasteiger partial charge in [-0.25, -0.2) is 4.68 Å². The molecule has 4 aromatic rings. The van der Waals surface area contributed by atoms with Crippen molar-refractivity contribution in [2.45, 2.75) is 32.2 Å². The van der Waals surface area contributed by atoms with Crippen LogP contribution in [0.15, 0.2) is 95.8 Å². The van der Waals surface area contributed by atoms with E-state index in [9.17, 15) is 22.8 Å². The van der Waals surface area contributed by atoms with E-state index >= 15 is 0 Å². The predicted octanol–water partition coefficient (Wildman–Crippen LogP) is 5.88. The van der Waals surface area contributed by atoms with Gasteiger partial charge >= 0.3 is 6.18 Å². The second-order valence-corrected chi connectivity index (χ2v) is 8.32. The van der Waals surface area contributed by atoms with E-state index in [1.165, 1.54) is 18.2 Å². The first-order valence-corrected chi connectivity index (χ1v) is 11.3. The van der Waals surface area contributed by atoms with Gasteiger partial charge in [-0.15, -0.1) is 0 Å². The number of hydrogen-bond acceptors (Lipinski definition) is 4. The Morgan fingerprint density at radius 3 is 2.33 bits per heavy atom. The third kappa shape index (κ3) is 6.07. The Hall–Kier alpha value is -4.20. The summed E-state index contributed by atoms with van der Waals surface area (Å²) in [5.74, 6) is 0.281. The first-order valence-electron chi connectivity index (χ1n) is 11.3. The van der Waals surface area contributed by atoms with Crippen molar-refractivity contribution in [2.24, 2.45) is 0 Å². The zero-order chi connectivity index (χ0) is 25.7. The van der Waals surface area contributed by atoms with Gasteiger partial charge in [-0.1, -0.05) is 54.6 Å². The van der Waals surface area contributed by atoms with Crippen molar-refractivity contribution in [3.8, 4) is 17.0 Å². The van der Waals surface area contributed by atoms with Crippen LogP contribution in [0.3, 0.4) is 0 Å². The van der Waals surface area contributed by atoms with Gasteiger partial charge in [-0.05, 0) is 48.4 Å². The molecule has 0 aliphatic carbocycles. The molecule has 36 heavy (non-hydrogen) atoms. The molecule has 0 bridgehead atoms. The zero-order valence-corrected chi connectivity index (χ0v) is 19.4. The Balaban J connectivity index is 1.49. The molecule has 3 aromatic carbocycles. The van der Waals surface area contributed by atoms with Gasteiger partial charge in [0.25, 0.3) is 5.56 Å². The van der Waals surface area contributed by atoms with Crippen LogP contribution >= 0.6 is 0 Å². The number of Topliss-reactive ketones (excluding diaryl/α,β-unsaturated/α-hetero) is 1. The minimum absolute atomic E-state index is 0.125. The number of rotatable bonds is 8. The molecule has 1 heterocycles. The lowest BCUT2D eigenvalue weighted by atomic mass is 10.0. The lowest BCUT2D eigenvalue weighted by Crippen LogP contribution is -2.30. The number of ether oxygens (including phenoxy) is 1. The van der Waals surface area contributed by atoms with Crippen molar-refractivity contribution in [2.75, 3.05) is 0 Å². The normalized spacial score (nSPS) is 12.2. The lowest BCUT2D eigenvalue weighted by molar-refractivity contribution is -0.137. The van der Waals surface area contributed by atoms with Crippen LogP contribution in [0.5, 0.6) is 5.75 Å². The van der Waals surface area contributed by atoms with E-state index in [2.05, 4.69) is 5.10 Å². The van der Waals surface area contributed by atoms with Crippen LogP contribution in [0.25, 0.3) is 11.3 Å². The van der Waals surface area contributed by atoms with Crippen LogP contribution in [-0.2, 0) is 24.0 Å². The molecule has 0 saturated heterocycles. The number of benzene rings is 3. The second kappa shape index (κ2) is 10.6. The van der Waals surface area contributed by atoms with E-state index in [0.29, 0.717) is 29.2 Å². The van der Waals surface area contributed by atoms with Gasteiger partial charge in [0.15, 0.2) is 5.78 Å². The molecule has 0 saturated carbocycles. The molecule has 5 nitrogen and oxygen atoms in total. The maximum atomic E-state index is 12.8. The Morgan fingerprint density at radius 2 is 1.64 bits per heavy atom. The molecule has 0 spiro atoms. The molecule has 0 aliphatic heterocycles. The summed E-state index contributed by atoms with van der Waals surface area (Å²) in [5, 5.41) is 4.39. The highest BCUT2D eigenvalue weighted by Gasteiger charge is 2.30. The summed E-state index contributed by atoms with van der Waals surface area (Å²) in [6.45, 7) is 1.94. The number of aromatic nitrogens is 2. The van der Waals surface area contributed by atoms with Crippen molar-refractivity contribution < 1.29 is 22.7 Å². The first-order chi connectivity index (χ1) is 17.2. The van der Waals surface area contributed by atoms with Gasteiger partial charge < -0.3 is 4.74 Å². The average molecular weight is 492 g/mol. The molecule has 0 radical (unpaired) electrons. The van der Waals surface area contributed by atoms with Gasteiger partial charge in [0.05, 0.1) is 11.3 Å². The minimum Gasteiger partial charge on any atom is -0.489 e. The van der Waals surface area contributed by atoms with Gasteiger partial charge in [0.1, 0.15) is 18.4 Å². The van der Waals surface area contributed by atoms with Gasteiger partial charge in [-0.3, -0.25) is 9.59 Å². The zero-order valence-electron chi connectivity index (χ0n) is 19.4. The summed E-state index contributed by atoms with van der Waals surface area (Å²) in [7, 11) is 0. The Kier molecular flexibility index (Phi) is 7.33. The molecule has 1 unspecified atom stereocenters. The maximum Gasteiger partial charge on any atom is 0.416 e. The number of halogens is 3. The van der Waals surface area contributed by atoms with E-state index in [4.69, 9.17) is 4.74 Å². The van der Waals surface area contributed by atoms with E-state index in [1.54, 1.807) is 19.1 Å². The quantitative estimate of drug-likeness (QED) is 0.308. The van der Waals surface area contributed by atoms with Crippen molar-refractivity contribution >= 4 is 5.78 Å². The Labute approximate surface area is 205 Å². The number of hydrogen-bond donors (Lipinski definition) is 0. The molecule has 1 atom stereocenters. The summed E-state index contributed by atoms with van der Waals surface area (Å²) in [4.78, 5) is 25.3. The highest BCUT2D eigenvalue weighted by Crippen LogP contribution is 2.29. The summed E-state index contributed by atoms with van der Waals surface area (Å²) in [5.41, 5.74) is 1.39. The van der Waals surface area contributed by atoms with E-state index in [1.807, 2.05) is 48.5 Å². The predicted molar refractivity (Wildman–Crippen MR) is 130 cm³/mol. The summed E-state index contributed by atoms with van der Waals surface area (Å²) in [6, 6.07) is 23.4. The lowest BCUT2D eigenvalue weighted by Gasteiger charge is -2.15. The summed E-state index contributed by atoms with van der Waals surface area (Å²) < 4.78 is 45.3. The largest absolute Gasteiger partial charge is 0.489 e. The Bertz CT molecular complexity index is 1400. The van der Waals surface area contributed by atoms with Crippen molar-refractivity contribution in [3.63, 3.8) is 0 Å². The molecular formula is C28H23F3N2O3. The minimum atomic E-state index is -4.45. The van der Waals surface area contributed by atoms with Gasteiger partial charge in [0.2, 0.25) is 0 Å². The fourth-order valence-corrected chi connectivity index (χ4v) is 3.64. The van der Waals surface area contributed by atoms with Crippen molar-refractivity contribution in [3.05, 3.63) is 118 Å². The van der Waals surface area contributed by atoms with Gasteiger partial charge in [-0.2, -0.15) is 18.3 Å². The van der Waals surface area contributed by atoms with Crippen LogP contribution in [0.4, 0.5) is 13.2 Å². The van der Waals surface area contributed by atoms with Crippen LogP contribution < -0.4 is 10.3 Å². The molecule has 1 aromatic heterocycles. The summed E-state index contributed by atoms with van der Waals surface area (Å²) >= 11 is 0. The SMILES string of the molecule is CC(C(=O)Cc1ccc(C(F)(F)F)cc1)n1nc(-c2cccc(OCc3ccccc3)c2)ccc1=O. The fraction of sp³-hybridized carbons (Fsp3) is 0.179. The molecular weight excluding hydrogens is 469 g/mol. The monoisotopic (exact) mass is 492 g/mol. The Morgan fingerprint density at radius 1 is 0.917 bits per heavy atom. The van der Waals surface area contributed by atoms with Crippen LogP contribution in [0.1, 0.15) is 29.7 Å². The average Bonchev–Trinajstić information content (AvgIpc) is 2.88.